The van der Waals surface area contributed by atoms with E-state index in [0.717, 1.165) is 19.4 Å². The van der Waals surface area contributed by atoms with Gasteiger partial charge in [-0.05, 0) is 19.3 Å². The highest BCUT2D eigenvalue weighted by molar-refractivity contribution is 5.35. The Hall–Kier alpha value is -1.63. The third-order valence-electron chi connectivity index (χ3n) is 2.20. The van der Waals surface area contributed by atoms with Crippen LogP contribution in [0.5, 0.6) is 6.01 Å². The number of ether oxygens (including phenoxy) is 1. The van der Waals surface area contributed by atoms with Crippen LogP contribution in [0.3, 0.4) is 0 Å². The molecule has 0 aliphatic rings. The van der Waals surface area contributed by atoms with Crippen molar-refractivity contribution >= 4 is 11.9 Å². The van der Waals surface area contributed by atoms with Crippen LogP contribution in [0, 0.1) is 0 Å². The first-order chi connectivity index (χ1) is 9.30. The molecule has 0 saturated carbocycles. The topological polar surface area (TPSA) is 92.2 Å². The Morgan fingerprint density at radius 1 is 1.00 bits per heavy atom. The summed E-state index contributed by atoms with van der Waals surface area (Å²) in [4.78, 5) is 12.6. The van der Waals surface area contributed by atoms with E-state index in [9.17, 15) is 0 Å². The molecule has 0 amide bonds. The maximum absolute atomic E-state index is 8.76. The standard InChI is InChI=1S/C12H23N5O2/c1-3-6-13-10-15-11(14-7-5-8-18)17-12(16-10)19-9-4-2/h18H,3-9H2,1-2H3,(H2,13,14,15,16,17). The van der Waals surface area contributed by atoms with E-state index < -0.39 is 0 Å². The van der Waals surface area contributed by atoms with E-state index in [2.05, 4.69) is 32.5 Å². The molecule has 108 valence electrons. The van der Waals surface area contributed by atoms with E-state index in [4.69, 9.17) is 9.84 Å². The zero-order valence-electron chi connectivity index (χ0n) is 11.6. The Bertz CT molecular complexity index is 336. The Labute approximate surface area is 113 Å². The number of hydrogen-bond acceptors (Lipinski definition) is 7. The molecule has 7 heteroatoms. The van der Waals surface area contributed by atoms with E-state index in [1.165, 1.54) is 0 Å². The highest BCUT2D eigenvalue weighted by Gasteiger charge is 2.06. The van der Waals surface area contributed by atoms with Gasteiger partial charge in [0.1, 0.15) is 0 Å². The fraction of sp³-hybridized carbons (Fsp3) is 0.750. The Morgan fingerprint density at radius 3 is 2.26 bits per heavy atom. The SMILES string of the molecule is CCCNc1nc(NCCCO)nc(OCCC)n1. The zero-order valence-corrected chi connectivity index (χ0v) is 11.6. The van der Waals surface area contributed by atoms with Gasteiger partial charge in [0, 0.05) is 19.7 Å². The summed E-state index contributed by atoms with van der Waals surface area (Å²) in [5.41, 5.74) is 0. The van der Waals surface area contributed by atoms with Crippen LogP contribution in [-0.4, -0.2) is 46.4 Å². The molecule has 0 atom stereocenters. The van der Waals surface area contributed by atoms with Crippen molar-refractivity contribution in [3.8, 4) is 6.01 Å². The molecule has 0 aliphatic carbocycles. The van der Waals surface area contributed by atoms with Gasteiger partial charge in [-0.25, -0.2) is 0 Å². The van der Waals surface area contributed by atoms with Gasteiger partial charge in [0.15, 0.2) is 0 Å². The molecule has 1 heterocycles. The normalized spacial score (nSPS) is 10.3. The second-order valence-electron chi connectivity index (χ2n) is 4.04. The van der Waals surface area contributed by atoms with Gasteiger partial charge in [0.2, 0.25) is 11.9 Å². The first-order valence-electron chi connectivity index (χ1n) is 6.77. The van der Waals surface area contributed by atoms with E-state index in [0.29, 0.717) is 37.5 Å². The largest absolute Gasteiger partial charge is 0.463 e. The molecule has 7 nitrogen and oxygen atoms in total. The number of nitrogens with zero attached hydrogens (tertiary/aromatic N) is 3. The Balaban J connectivity index is 2.70. The Kier molecular flexibility index (Phi) is 7.57. The summed E-state index contributed by atoms with van der Waals surface area (Å²) < 4.78 is 5.43. The van der Waals surface area contributed by atoms with Crippen LogP contribution in [0.15, 0.2) is 0 Å². The lowest BCUT2D eigenvalue weighted by molar-refractivity contribution is 0.290. The van der Waals surface area contributed by atoms with Crippen molar-refractivity contribution in [2.24, 2.45) is 0 Å². The molecule has 0 bridgehead atoms. The number of aliphatic hydroxyl groups is 1. The van der Waals surface area contributed by atoms with Crippen LogP contribution in [0.4, 0.5) is 11.9 Å². The Morgan fingerprint density at radius 2 is 1.68 bits per heavy atom. The molecule has 1 aromatic heterocycles. The lowest BCUT2D eigenvalue weighted by Gasteiger charge is -2.09. The molecule has 0 aromatic carbocycles. The highest BCUT2D eigenvalue weighted by Crippen LogP contribution is 2.11. The number of anilines is 2. The molecule has 1 rings (SSSR count). The molecular weight excluding hydrogens is 246 g/mol. The van der Waals surface area contributed by atoms with E-state index in [1.54, 1.807) is 0 Å². The molecule has 1 aromatic rings. The predicted octanol–water partition coefficient (Wildman–Crippen LogP) is 1.28. The molecule has 3 N–H and O–H groups in total. The zero-order chi connectivity index (χ0) is 13.9. The second-order valence-corrected chi connectivity index (χ2v) is 4.04. The molecule has 0 aliphatic heterocycles. The fourth-order valence-corrected chi connectivity index (χ4v) is 1.29. The van der Waals surface area contributed by atoms with Crippen LogP contribution in [0.25, 0.3) is 0 Å². The fourth-order valence-electron chi connectivity index (χ4n) is 1.29. The summed E-state index contributed by atoms with van der Waals surface area (Å²) in [7, 11) is 0. The van der Waals surface area contributed by atoms with Crippen LogP contribution in [0.2, 0.25) is 0 Å². The first-order valence-corrected chi connectivity index (χ1v) is 6.77. The van der Waals surface area contributed by atoms with Crippen LogP contribution in [0.1, 0.15) is 33.1 Å². The van der Waals surface area contributed by atoms with Crippen molar-refractivity contribution in [3.63, 3.8) is 0 Å². The van der Waals surface area contributed by atoms with Gasteiger partial charge >= 0.3 is 6.01 Å². The van der Waals surface area contributed by atoms with Gasteiger partial charge in [-0.1, -0.05) is 13.8 Å². The van der Waals surface area contributed by atoms with Crippen LogP contribution < -0.4 is 15.4 Å². The smallest absolute Gasteiger partial charge is 0.323 e. The van der Waals surface area contributed by atoms with Crippen molar-refractivity contribution in [1.82, 2.24) is 15.0 Å². The molecule has 0 radical (unpaired) electrons. The number of hydrogen-bond donors (Lipinski definition) is 3. The summed E-state index contributed by atoms with van der Waals surface area (Å²) in [5, 5.41) is 14.9. The molecule has 0 spiro atoms. The van der Waals surface area contributed by atoms with Gasteiger partial charge in [0.25, 0.3) is 0 Å². The van der Waals surface area contributed by atoms with Gasteiger partial charge in [-0.2, -0.15) is 15.0 Å². The number of aromatic nitrogens is 3. The van der Waals surface area contributed by atoms with Gasteiger partial charge in [-0.15, -0.1) is 0 Å². The van der Waals surface area contributed by atoms with Gasteiger partial charge in [0.05, 0.1) is 6.61 Å². The van der Waals surface area contributed by atoms with E-state index in [-0.39, 0.29) is 6.61 Å². The first kappa shape index (κ1) is 15.4. The molecule has 0 fully saturated rings. The summed E-state index contributed by atoms with van der Waals surface area (Å²) in [6.45, 7) is 6.22. The van der Waals surface area contributed by atoms with Crippen molar-refractivity contribution in [1.29, 1.82) is 0 Å². The molecular formula is C12H23N5O2. The van der Waals surface area contributed by atoms with Gasteiger partial charge in [-0.3, -0.25) is 0 Å². The van der Waals surface area contributed by atoms with E-state index in [1.807, 2.05) is 6.92 Å². The van der Waals surface area contributed by atoms with Crippen LogP contribution >= 0.6 is 0 Å². The number of nitrogens with one attached hydrogen (secondary N) is 2. The summed E-state index contributed by atoms with van der Waals surface area (Å²) in [6, 6.07) is 0.321. The molecule has 19 heavy (non-hydrogen) atoms. The highest BCUT2D eigenvalue weighted by atomic mass is 16.5. The van der Waals surface area contributed by atoms with Crippen LogP contribution in [-0.2, 0) is 0 Å². The lowest BCUT2D eigenvalue weighted by Crippen LogP contribution is -2.12. The maximum Gasteiger partial charge on any atom is 0.323 e. The predicted molar refractivity (Wildman–Crippen MR) is 74.6 cm³/mol. The third kappa shape index (κ3) is 6.19. The number of aliphatic hydroxyl groups excluding tert-OH is 1. The summed E-state index contributed by atoms with van der Waals surface area (Å²) in [6.07, 6.45) is 2.54. The monoisotopic (exact) mass is 269 g/mol. The average Bonchev–Trinajstić information content (AvgIpc) is 2.43. The number of rotatable bonds is 10. The quantitative estimate of drug-likeness (QED) is 0.551. The van der Waals surface area contributed by atoms with Crippen molar-refractivity contribution in [3.05, 3.63) is 0 Å². The van der Waals surface area contributed by atoms with Gasteiger partial charge < -0.3 is 20.5 Å². The van der Waals surface area contributed by atoms with Crippen molar-refractivity contribution < 1.29 is 9.84 Å². The minimum atomic E-state index is 0.137. The third-order valence-corrected chi connectivity index (χ3v) is 2.20. The van der Waals surface area contributed by atoms with Crippen molar-refractivity contribution in [2.45, 2.75) is 33.1 Å². The molecule has 0 unspecified atom stereocenters. The summed E-state index contributed by atoms with van der Waals surface area (Å²) >= 11 is 0. The minimum absolute atomic E-state index is 0.137. The maximum atomic E-state index is 8.76. The molecule has 0 saturated heterocycles. The van der Waals surface area contributed by atoms with E-state index >= 15 is 0 Å². The summed E-state index contributed by atoms with van der Waals surface area (Å²) in [5.74, 6) is 0.975. The van der Waals surface area contributed by atoms with Crippen molar-refractivity contribution in [2.75, 3.05) is 36.9 Å². The average molecular weight is 269 g/mol. The minimum Gasteiger partial charge on any atom is -0.463 e. The second kappa shape index (κ2) is 9.32. The lowest BCUT2D eigenvalue weighted by atomic mass is 10.4.